The number of alkyl halides is 1. The van der Waals surface area contributed by atoms with Crippen LogP contribution in [-0.2, 0) is 10.1 Å². The molecule has 0 amide bonds. The monoisotopic (exact) mass is 297 g/mol. The molecule has 5 heteroatoms. The Hall–Kier alpha value is -1.54. The predicted molar refractivity (Wildman–Crippen MR) is 66.3 cm³/mol. The lowest BCUT2D eigenvalue weighted by Gasteiger charge is -2.11. The van der Waals surface area contributed by atoms with Gasteiger partial charge >= 0.3 is 5.97 Å². The number of nitriles is 1. The fourth-order valence-electron chi connectivity index (χ4n) is 1.44. The molecule has 0 aliphatic carbocycles. The van der Waals surface area contributed by atoms with Crippen LogP contribution >= 0.6 is 15.9 Å². The molecule has 0 atom stereocenters. The summed E-state index contributed by atoms with van der Waals surface area (Å²) in [5.41, 5.74) is 1.41. The third kappa shape index (κ3) is 2.77. The Balaban J connectivity index is 3.34. The van der Waals surface area contributed by atoms with Gasteiger partial charge in [-0.25, -0.2) is 4.79 Å². The molecule has 0 bridgehead atoms. The molecule has 0 saturated heterocycles. The fraction of sp³-hybridized carbons (Fsp3) is 0.333. The lowest BCUT2D eigenvalue weighted by atomic mass is 10.0. The SMILES string of the molecule is CCOC(=O)c1ccc(CBr)c(C#N)c1OC. The maximum absolute atomic E-state index is 11.7. The minimum Gasteiger partial charge on any atom is -0.494 e. The minimum atomic E-state index is -0.484. The average Bonchev–Trinajstić information content (AvgIpc) is 2.36. The Morgan fingerprint density at radius 3 is 2.71 bits per heavy atom. The van der Waals surface area contributed by atoms with Gasteiger partial charge in [-0.2, -0.15) is 5.26 Å². The highest BCUT2D eigenvalue weighted by atomic mass is 79.9. The summed E-state index contributed by atoms with van der Waals surface area (Å²) in [4.78, 5) is 11.7. The lowest BCUT2D eigenvalue weighted by Crippen LogP contribution is -2.08. The third-order valence-electron chi connectivity index (χ3n) is 2.20. The van der Waals surface area contributed by atoms with Gasteiger partial charge in [0.25, 0.3) is 0 Å². The van der Waals surface area contributed by atoms with Gasteiger partial charge in [0.2, 0.25) is 0 Å². The van der Waals surface area contributed by atoms with Gasteiger partial charge in [0.1, 0.15) is 11.6 Å². The van der Waals surface area contributed by atoms with Crippen LogP contribution in [0.4, 0.5) is 0 Å². The highest BCUT2D eigenvalue weighted by molar-refractivity contribution is 9.08. The highest BCUT2D eigenvalue weighted by Crippen LogP contribution is 2.28. The highest BCUT2D eigenvalue weighted by Gasteiger charge is 2.19. The standard InChI is InChI=1S/C12H12BrNO3/c1-3-17-12(15)9-5-4-8(6-13)10(7-14)11(9)16-2/h4-5H,3,6H2,1-2H3. The first kappa shape index (κ1) is 13.5. The van der Waals surface area contributed by atoms with E-state index in [-0.39, 0.29) is 17.9 Å². The van der Waals surface area contributed by atoms with Crippen molar-refractivity contribution in [3.05, 3.63) is 28.8 Å². The zero-order chi connectivity index (χ0) is 12.8. The maximum atomic E-state index is 11.7. The molecule has 0 spiro atoms. The molecule has 0 aromatic heterocycles. The Labute approximate surface area is 108 Å². The zero-order valence-electron chi connectivity index (χ0n) is 9.62. The average molecular weight is 298 g/mol. The minimum absolute atomic E-state index is 0.267. The predicted octanol–water partition coefficient (Wildman–Crippen LogP) is 2.64. The van der Waals surface area contributed by atoms with E-state index in [2.05, 4.69) is 15.9 Å². The number of methoxy groups -OCH3 is 1. The Bertz CT molecular complexity index is 466. The first-order valence-corrected chi connectivity index (χ1v) is 6.14. The molecule has 0 saturated carbocycles. The summed E-state index contributed by atoms with van der Waals surface area (Å²) in [7, 11) is 1.43. The molecule has 17 heavy (non-hydrogen) atoms. The first-order valence-electron chi connectivity index (χ1n) is 5.02. The van der Waals surface area contributed by atoms with Crippen molar-refractivity contribution in [3.63, 3.8) is 0 Å². The smallest absolute Gasteiger partial charge is 0.341 e. The van der Waals surface area contributed by atoms with Crippen LogP contribution in [0.25, 0.3) is 0 Å². The molecule has 0 radical (unpaired) electrons. The number of esters is 1. The molecule has 0 unspecified atom stereocenters. The van der Waals surface area contributed by atoms with Crippen LogP contribution in [0.5, 0.6) is 5.75 Å². The number of benzene rings is 1. The molecule has 0 aliphatic rings. The van der Waals surface area contributed by atoms with Crippen LogP contribution in [-0.4, -0.2) is 19.7 Å². The van der Waals surface area contributed by atoms with Gasteiger partial charge in [-0.1, -0.05) is 22.0 Å². The normalized spacial score (nSPS) is 9.53. The number of halogens is 1. The molecule has 4 nitrogen and oxygen atoms in total. The van der Waals surface area contributed by atoms with Crippen molar-refractivity contribution in [2.75, 3.05) is 13.7 Å². The Morgan fingerprint density at radius 1 is 1.53 bits per heavy atom. The van der Waals surface area contributed by atoms with E-state index in [1.54, 1.807) is 19.1 Å². The second kappa shape index (κ2) is 6.26. The summed E-state index contributed by atoms with van der Waals surface area (Å²) in [6, 6.07) is 5.36. The van der Waals surface area contributed by atoms with Crippen molar-refractivity contribution in [1.82, 2.24) is 0 Å². The van der Waals surface area contributed by atoms with E-state index in [9.17, 15) is 4.79 Å². The number of nitrogens with zero attached hydrogens (tertiary/aromatic N) is 1. The number of rotatable bonds is 4. The van der Waals surface area contributed by atoms with Crippen LogP contribution in [0.2, 0.25) is 0 Å². The largest absolute Gasteiger partial charge is 0.494 e. The fourth-order valence-corrected chi connectivity index (χ4v) is 1.91. The molecule has 1 rings (SSSR count). The molecule has 0 aliphatic heterocycles. The third-order valence-corrected chi connectivity index (χ3v) is 2.80. The van der Waals surface area contributed by atoms with E-state index >= 15 is 0 Å². The van der Waals surface area contributed by atoms with Gasteiger partial charge < -0.3 is 9.47 Å². The summed E-state index contributed by atoms with van der Waals surface area (Å²) in [5.74, 6) is -0.218. The van der Waals surface area contributed by atoms with E-state index < -0.39 is 5.97 Å². The molecule has 0 heterocycles. The summed E-state index contributed by atoms with van der Waals surface area (Å²) < 4.78 is 10.0. The van der Waals surface area contributed by atoms with Crippen LogP contribution < -0.4 is 4.74 Å². The van der Waals surface area contributed by atoms with Gasteiger partial charge in [0, 0.05) is 5.33 Å². The van der Waals surface area contributed by atoms with Crippen LogP contribution in [0.1, 0.15) is 28.4 Å². The van der Waals surface area contributed by atoms with Gasteiger partial charge in [-0.3, -0.25) is 0 Å². The number of ether oxygens (including phenoxy) is 2. The second-order valence-electron chi connectivity index (χ2n) is 3.15. The van der Waals surface area contributed by atoms with E-state index in [0.717, 1.165) is 5.56 Å². The van der Waals surface area contributed by atoms with Crippen LogP contribution in [0, 0.1) is 11.3 Å². The second-order valence-corrected chi connectivity index (χ2v) is 3.71. The van der Waals surface area contributed by atoms with Crippen LogP contribution in [0.15, 0.2) is 12.1 Å². The lowest BCUT2D eigenvalue weighted by molar-refractivity contribution is 0.0522. The van der Waals surface area contributed by atoms with Crippen LogP contribution in [0.3, 0.4) is 0 Å². The molecular formula is C12H12BrNO3. The topological polar surface area (TPSA) is 59.3 Å². The quantitative estimate of drug-likeness (QED) is 0.633. The number of carbonyl (C=O) groups is 1. The summed E-state index contributed by atoms with van der Waals surface area (Å²) >= 11 is 3.28. The van der Waals surface area contributed by atoms with Gasteiger partial charge in [-0.15, -0.1) is 0 Å². The maximum Gasteiger partial charge on any atom is 0.341 e. The molecule has 90 valence electrons. The summed E-state index contributed by atoms with van der Waals surface area (Å²) in [5, 5.41) is 9.62. The van der Waals surface area contributed by atoms with Crippen molar-refractivity contribution in [2.24, 2.45) is 0 Å². The van der Waals surface area contributed by atoms with Gasteiger partial charge in [0.05, 0.1) is 19.3 Å². The zero-order valence-corrected chi connectivity index (χ0v) is 11.2. The summed E-state index contributed by atoms with van der Waals surface area (Å²) in [6.45, 7) is 2.01. The van der Waals surface area contributed by atoms with E-state index in [1.807, 2.05) is 6.07 Å². The number of hydrogen-bond acceptors (Lipinski definition) is 4. The molecule has 1 aromatic rings. The van der Waals surface area contributed by atoms with Crippen molar-refractivity contribution in [3.8, 4) is 11.8 Å². The Kier molecular flexibility index (Phi) is 4.98. The molecule has 0 N–H and O–H groups in total. The number of hydrogen-bond donors (Lipinski definition) is 0. The van der Waals surface area contributed by atoms with Crippen molar-refractivity contribution < 1.29 is 14.3 Å². The van der Waals surface area contributed by atoms with E-state index in [4.69, 9.17) is 14.7 Å². The molecule has 1 aromatic carbocycles. The van der Waals surface area contributed by atoms with E-state index in [1.165, 1.54) is 7.11 Å². The van der Waals surface area contributed by atoms with Gasteiger partial charge in [0.15, 0.2) is 5.75 Å². The first-order chi connectivity index (χ1) is 8.19. The van der Waals surface area contributed by atoms with Gasteiger partial charge in [-0.05, 0) is 18.6 Å². The number of carbonyl (C=O) groups excluding carboxylic acids is 1. The van der Waals surface area contributed by atoms with Crippen molar-refractivity contribution >= 4 is 21.9 Å². The van der Waals surface area contributed by atoms with E-state index in [0.29, 0.717) is 10.9 Å². The summed E-state index contributed by atoms with van der Waals surface area (Å²) in [6.07, 6.45) is 0. The van der Waals surface area contributed by atoms with Crippen molar-refractivity contribution in [1.29, 1.82) is 5.26 Å². The van der Waals surface area contributed by atoms with Crippen molar-refractivity contribution in [2.45, 2.75) is 12.3 Å². The Morgan fingerprint density at radius 2 is 2.24 bits per heavy atom. The molecular weight excluding hydrogens is 286 g/mol. The molecule has 0 fully saturated rings.